The first-order valence-corrected chi connectivity index (χ1v) is 10.9. The van der Waals surface area contributed by atoms with Gasteiger partial charge >= 0.3 is 0 Å². The van der Waals surface area contributed by atoms with Crippen LogP contribution in [0.4, 0.5) is 20.2 Å². The van der Waals surface area contributed by atoms with Crippen LogP contribution in [0.15, 0.2) is 43.1 Å². The highest BCUT2D eigenvalue weighted by molar-refractivity contribution is 6.38. The van der Waals surface area contributed by atoms with Gasteiger partial charge in [0.05, 0.1) is 40.2 Å². The number of aromatic nitrogens is 1. The first kappa shape index (κ1) is 22.1. The zero-order valence-corrected chi connectivity index (χ0v) is 18.8. The molecule has 1 fully saturated rings. The molecule has 0 spiro atoms. The van der Waals surface area contributed by atoms with E-state index >= 15 is 4.39 Å². The maximum absolute atomic E-state index is 15.5. The number of amides is 2. The second-order valence-corrected chi connectivity index (χ2v) is 8.54. The van der Waals surface area contributed by atoms with E-state index in [1.165, 1.54) is 35.4 Å². The fraction of sp³-hybridized carbons (Fsp3) is 0.208. The molecule has 1 aromatic heterocycles. The molecular weight excluding hydrogens is 466 g/mol. The van der Waals surface area contributed by atoms with Gasteiger partial charge in [-0.2, -0.15) is 0 Å². The average molecular weight is 485 g/mol. The van der Waals surface area contributed by atoms with E-state index in [-0.39, 0.29) is 40.0 Å². The maximum atomic E-state index is 15.5. The number of carbonyl (C=O) groups excluding carboxylic acids is 2. The second kappa shape index (κ2) is 7.95. The van der Waals surface area contributed by atoms with Crippen molar-refractivity contribution in [3.05, 3.63) is 59.8 Å². The van der Waals surface area contributed by atoms with Gasteiger partial charge in [0.15, 0.2) is 0 Å². The zero-order chi connectivity index (χ0) is 24.3. The molecule has 2 aliphatic heterocycles. The number of nitrogens with zero attached hydrogens (tertiary/aromatic N) is 4. The normalized spacial score (nSPS) is 17.6. The third-order valence-electron chi connectivity index (χ3n) is 6.38. The summed E-state index contributed by atoms with van der Waals surface area (Å²) in [6.45, 7) is 4.32. The van der Waals surface area contributed by atoms with Crippen LogP contribution in [0.25, 0.3) is 22.0 Å². The van der Waals surface area contributed by atoms with Crippen molar-refractivity contribution in [3.8, 4) is 16.9 Å². The lowest BCUT2D eigenvalue weighted by atomic mass is 9.97. The molecule has 2 amide bonds. The second-order valence-electron chi connectivity index (χ2n) is 8.16. The number of phenolic OH excluding ortho intramolecular Hbond substituents is 1. The number of aromatic hydroxyl groups is 1. The van der Waals surface area contributed by atoms with Crippen LogP contribution in [0.3, 0.4) is 0 Å². The number of fused-ring (bicyclic) bond motifs is 5. The smallest absolute Gasteiger partial charge is 0.251 e. The van der Waals surface area contributed by atoms with Crippen molar-refractivity contribution in [1.82, 2.24) is 9.88 Å². The molecule has 2 aliphatic rings. The summed E-state index contributed by atoms with van der Waals surface area (Å²) in [5.41, 5.74) is 0.566. The van der Waals surface area contributed by atoms with E-state index in [1.54, 1.807) is 11.9 Å². The Bertz CT molecular complexity index is 1380. The summed E-state index contributed by atoms with van der Waals surface area (Å²) in [5.74, 6) is -2.62. The number of likely N-dealkylation sites (N-methyl/N-ethyl adjacent to an activating group) is 1. The van der Waals surface area contributed by atoms with Gasteiger partial charge in [-0.05, 0) is 24.3 Å². The Morgan fingerprint density at radius 1 is 1.26 bits per heavy atom. The summed E-state index contributed by atoms with van der Waals surface area (Å²) >= 11 is 6.55. The van der Waals surface area contributed by atoms with Gasteiger partial charge in [0.25, 0.3) is 5.91 Å². The predicted octanol–water partition coefficient (Wildman–Crippen LogP) is 3.72. The van der Waals surface area contributed by atoms with E-state index in [1.807, 2.05) is 4.90 Å². The van der Waals surface area contributed by atoms with Crippen LogP contribution in [0.1, 0.15) is 0 Å². The highest BCUT2D eigenvalue weighted by Crippen LogP contribution is 2.47. The Labute approximate surface area is 198 Å². The Kier molecular flexibility index (Phi) is 5.16. The summed E-state index contributed by atoms with van der Waals surface area (Å²) in [6, 6.07) is 4.16. The number of anilines is 2. The van der Waals surface area contributed by atoms with E-state index < -0.39 is 23.4 Å². The third kappa shape index (κ3) is 3.11. The van der Waals surface area contributed by atoms with Gasteiger partial charge in [-0.15, -0.1) is 0 Å². The molecule has 174 valence electrons. The molecule has 0 aliphatic carbocycles. The minimum atomic E-state index is -0.843. The van der Waals surface area contributed by atoms with Gasteiger partial charge in [0.1, 0.15) is 23.4 Å². The molecular formula is C24H19ClF2N4O3. The van der Waals surface area contributed by atoms with E-state index in [2.05, 4.69) is 11.6 Å². The van der Waals surface area contributed by atoms with Crippen LogP contribution in [-0.2, 0) is 9.59 Å². The van der Waals surface area contributed by atoms with Crippen LogP contribution < -0.4 is 9.80 Å². The minimum Gasteiger partial charge on any atom is -0.507 e. The van der Waals surface area contributed by atoms with Gasteiger partial charge in [-0.3, -0.25) is 14.6 Å². The number of pyridine rings is 1. The van der Waals surface area contributed by atoms with Crippen molar-refractivity contribution < 1.29 is 23.5 Å². The molecule has 0 unspecified atom stereocenters. The molecule has 1 saturated heterocycles. The Balaban J connectivity index is 1.72. The number of hydrogen-bond donors (Lipinski definition) is 1. The van der Waals surface area contributed by atoms with Gasteiger partial charge in [0.2, 0.25) is 5.91 Å². The number of halogens is 3. The maximum Gasteiger partial charge on any atom is 0.251 e. The molecule has 2 aromatic carbocycles. The number of benzene rings is 2. The number of phenols is 1. The summed E-state index contributed by atoms with van der Waals surface area (Å²) in [4.78, 5) is 34.4. The molecule has 10 heteroatoms. The Morgan fingerprint density at radius 3 is 2.74 bits per heavy atom. The SMILES string of the molecule is C=CC(=O)N1CCN2c3c(cnc4c(Cl)c(-c5c(O)cccc5F)c(F)cc34)N(C)C(=O)[C@H]2C1. The molecule has 1 N–H and O–H groups in total. The molecule has 1 atom stereocenters. The van der Waals surface area contributed by atoms with Gasteiger partial charge in [-0.25, -0.2) is 8.78 Å². The lowest BCUT2D eigenvalue weighted by Gasteiger charge is -2.47. The number of rotatable bonds is 2. The fourth-order valence-corrected chi connectivity index (χ4v) is 5.05. The lowest BCUT2D eigenvalue weighted by molar-refractivity contribution is -0.128. The summed E-state index contributed by atoms with van der Waals surface area (Å²) < 4.78 is 30.0. The first-order valence-electron chi connectivity index (χ1n) is 10.5. The van der Waals surface area contributed by atoms with E-state index in [0.717, 1.165) is 6.07 Å². The highest BCUT2D eigenvalue weighted by atomic mass is 35.5. The highest BCUT2D eigenvalue weighted by Gasteiger charge is 2.42. The van der Waals surface area contributed by atoms with E-state index in [4.69, 9.17) is 11.6 Å². The average Bonchev–Trinajstić information content (AvgIpc) is 2.82. The van der Waals surface area contributed by atoms with Crippen LogP contribution in [0.2, 0.25) is 5.02 Å². The largest absolute Gasteiger partial charge is 0.507 e. The lowest BCUT2D eigenvalue weighted by Crippen LogP contribution is -2.62. The fourth-order valence-electron chi connectivity index (χ4n) is 4.71. The topological polar surface area (TPSA) is 77.0 Å². The summed E-state index contributed by atoms with van der Waals surface area (Å²) in [5, 5.41) is 10.4. The molecule has 7 nitrogen and oxygen atoms in total. The minimum absolute atomic E-state index is 0.147. The van der Waals surface area contributed by atoms with Crippen molar-refractivity contribution in [2.45, 2.75) is 6.04 Å². The Morgan fingerprint density at radius 2 is 2.03 bits per heavy atom. The van der Waals surface area contributed by atoms with Crippen molar-refractivity contribution in [1.29, 1.82) is 0 Å². The van der Waals surface area contributed by atoms with Crippen LogP contribution in [0.5, 0.6) is 5.75 Å². The Hall–Kier alpha value is -3.72. The molecule has 0 bridgehead atoms. The third-order valence-corrected chi connectivity index (χ3v) is 6.75. The zero-order valence-electron chi connectivity index (χ0n) is 18.1. The number of hydrogen-bond acceptors (Lipinski definition) is 5. The van der Waals surface area contributed by atoms with Crippen LogP contribution in [0, 0.1) is 11.6 Å². The van der Waals surface area contributed by atoms with Gasteiger partial charge < -0.3 is 19.8 Å². The van der Waals surface area contributed by atoms with Crippen LogP contribution in [-0.4, -0.2) is 59.5 Å². The number of piperazine rings is 1. The summed E-state index contributed by atoms with van der Waals surface area (Å²) in [7, 11) is 1.59. The number of carbonyl (C=O) groups is 2. The molecule has 5 rings (SSSR count). The molecule has 3 aromatic rings. The quantitative estimate of drug-likeness (QED) is 0.561. The van der Waals surface area contributed by atoms with Crippen molar-refractivity contribution in [2.75, 3.05) is 36.5 Å². The molecule has 3 heterocycles. The predicted molar refractivity (Wildman–Crippen MR) is 125 cm³/mol. The molecule has 34 heavy (non-hydrogen) atoms. The van der Waals surface area contributed by atoms with E-state index in [0.29, 0.717) is 29.9 Å². The first-order chi connectivity index (χ1) is 16.2. The van der Waals surface area contributed by atoms with E-state index in [9.17, 15) is 19.1 Å². The van der Waals surface area contributed by atoms with Crippen molar-refractivity contribution in [2.24, 2.45) is 0 Å². The molecule has 0 radical (unpaired) electrons. The van der Waals surface area contributed by atoms with Crippen molar-refractivity contribution >= 4 is 45.7 Å². The van der Waals surface area contributed by atoms with Gasteiger partial charge in [-0.1, -0.05) is 24.2 Å². The van der Waals surface area contributed by atoms with Crippen molar-refractivity contribution in [3.63, 3.8) is 0 Å². The monoisotopic (exact) mass is 484 g/mol. The summed E-state index contributed by atoms with van der Waals surface area (Å²) in [6.07, 6.45) is 2.66. The van der Waals surface area contributed by atoms with Gasteiger partial charge in [0, 0.05) is 31.1 Å². The standard InChI is InChI=1S/C24H19ClF2N4O3/c1-3-18(33)30-7-8-31-16(11-30)24(34)29(2)15-10-28-22-12(23(15)31)9-14(27)20(21(22)25)19-13(26)5-4-6-17(19)32/h3-6,9-10,16,32H,1,7-8,11H2,2H3/t16-/m1/s1. The van der Waals surface area contributed by atoms with Crippen LogP contribution >= 0.6 is 11.6 Å². The molecule has 0 saturated carbocycles.